The number of nitrogens with one attached hydrogen (secondary N) is 1. The van der Waals surface area contributed by atoms with Gasteiger partial charge in [-0.05, 0) is 0 Å². The predicted octanol–water partition coefficient (Wildman–Crippen LogP) is 0.260. The second-order valence-corrected chi connectivity index (χ2v) is 4.33. The fourth-order valence-electron chi connectivity index (χ4n) is 1.37. The third kappa shape index (κ3) is 5.11. The van der Waals surface area contributed by atoms with Crippen LogP contribution in [0, 0.1) is 0 Å². The Kier molecular flexibility index (Phi) is 6.46. The average molecular weight is 312 g/mol. The smallest absolute Gasteiger partial charge is 0.306 e. The van der Waals surface area contributed by atoms with E-state index in [0.717, 1.165) is 37.2 Å². The summed E-state index contributed by atoms with van der Waals surface area (Å²) in [6, 6.07) is 0. The first kappa shape index (κ1) is 12.2. The first-order valence-electron chi connectivity index (χ1n) is 4.97. The van der Waals surface area contributed by atoms with E-state index in [1.165, 1.54) is 0 Å². The third-order valence-corrected chi connectivity index (χ3v) is 2.72. The van der Waals surface area contributed by atoms with Gasteiger partial charge < -0.3 is 10.1 Å². The van der Waals surface area contributed by atoms with E-state index in [-0.39, 0.29) is 5.97 Å². The van der Waals surface area contributed by atoms with Crippen molar-refractivity contribution in [2.45, 2.75) is 6.42 Å². The molecular formula is C9H17IN2O2. The van der Waals surface area contributed by atoms with Gasteiger partial charge in [-0.25, -0.2) is 0 Å². The highest BCUT2D eigenvalue weighted by Crippen LogP contribution is 1.95. The van der Waals surface area contributed by atoms with E-state index in [4.69, 9.17) is 4.74 Å². The van der Waals surface area contributed by atoms with Gasteiger partial charge in [-0.1, -0.05) is 22.6 Å². The number of alkyl halides is 1. The molecule has 0 aromatic carbocycles. The first-order valence-corrected chi connectivity index (χ1v) is 6.50. The average Bonchev–Trinajstić information content (AvgIpc) is 2.20. The van der Waals surface area contributed by atoms with Gasteiger partial charge in [0.25, 0.3) is 0 Å². The van der Waals surface area contributed by atoms with Gasteiger partial charge in [0.1, 0.15) is 6.61 Å². The number of rotatable bonds is 5. The van der Waals surface area contributed by atoms with E-state index in [1.54, 1.807) is 0 Å². The first-order chi connectivity index (χ1) is 6.83. The van der Waals surface area contributed by atoms with Crippen molar-refractivity contribution in [1.82, 2.24) is 10.2 Å². The van der Waals surface area contributed by atoms with Crippen molar-refractivity contribution in [3.8, 4) is 0 Å². The summed E-state index contributed by atoms with van der Waals surface area (Å²) in [5.41, 5.74) is 0. The molecule has 1 aliphatic heterocycles. The fraction of sp³-hybridized carbons (Fsp3) is 0.889. The van der Waals surface area contributed by atoms with E-state index in [9.17, 15) is 4.79 Å². The van der Waals surface area contributed by atoms with Crippen LogP contribution in [0.15, 0.2) is 0 Å². The lowest BCUT2D eigenvalue weighted by molar-refractivity contribution is -0.143. The van der Waals surface area contributed by atoms with Crippen molar-refractivity contribution >= 4 is 28.6 Å². The lowest BCUT2D eigenvalue weighted by Gasteiger charge is -2.26. The number of hydrogen-bond donors (Lipinski definition) is 1. The maximum absolute atomic E-state index is 11.0. The molecule has 0 saturated carbocycles. The molecule has 5 heteroatoms. The molecule has 0 aromatic heterocycles. The van der Waals surface area contributed by atoms with Gasteiger partial charge in [0.2, 0.25) is 0 Å². The van der Waals surface area contributed by atoms with E-state index in [1.807, 2.05) is 0 Å². The highest BCUT2D eigenvalue weighted by Gasteiger charge is 2.09. The number of carbonyl (C=O) groups excluding carboxylic acids is 1. The number of piperazine rings is 1. The van der Waals surface area contributed by atoms with Crippen LogP contribution in [0.2, 0.25) is 0 Å². The summed E-state index contributed by atoms with van der Waals surface area (Å²) < 4.78 is 5.92. The number of esters is 1. The van der Waals surface area contributed by atoms with E-state index < -0.39 is 0 Å². The van der Waals surface area contributed by atoms with Gasteiger partial charge in [-0.15, -0.1) is 0 Å². The topological polar surface area (TPSA) is 41.6 Å². The van der Waals surface area contributed by atoms with Crippen LogP contribution in [-0.4, -0.2) is 54.6 Å². The second-order valence-electron chi connectivity index (χ2n) is 3.25. The Morgan fingerprint density at radius 1 is 1.43 bits per heavy atom. The third-order valence-electron chi connectivity index (χ3n) is 2.18. The molecule has 82 valence electrons. The molecule has 0 amide bonds. The molecule has 14 heavy (non-hydrogen) atoms. The van der Waals surface area contributed by atoms with Gasteiger partial charge in [-0.2, -0.15) is 0 Å². The van der Waals surface area contributed by atoms with Crippen LogP contribution < -0.4 is 5.32 Å². The summed E-state index contributed by atoms with van der Waals surface area (Å²) in [6.45, 7) is 5.61. The van der Waals surface area contributed by atoms with Crippen molar-refractivity contribution in [2.75, 3.05) is 43.8 Å². The van der Waals surface area contributed by atoms with Crippen LogP contribution >= 0.6 is 22.6 Å². The minimum atomic E-state index is -0.0745. The lowest BCUT2D eigenvalue weighted by Crippen LogP contribution is -2.44. The minimum absolute atomic E-state index is 0.0745. The van der Waals surface area contributed by atoms with Gasteiger partial charge in [0.05, 0.1) is 6.42 Å². The van der Waals surface area contributed by atoms with Crippen LogP contribution in [0.4, 0.5) is 0 Å². The van der Waals surface area contributed by atoms with Crippen LogP contribution in [0.3, 0.4) is 0 Å². The Morgan fingerprint density at radius 2 is 2.14 bits per heavy atom. The van der Waals surface area contributed by atoms with Crippen molar-refractivity contribution in [3.63, 3.8) is 0 Å². The molecule has 1 N–H and O–H groups in total. The molecule has 1 heterocycles. The molecular weight excluding hydrogens is 295 g/mol. The normalized spacial score (nSPS) is 18.1. The number of halogens is 1. The zero-order valence-electron chi connectivity index (χ0n) is 8.30. The van der Waals surface area contributed by atoms with Crippen molar-refractivity contribution in [1.29, 1.82) is 0 Å². The van der Waals surface area contributed by atoms with E-state index >= 15 is 0 Å². The molecule has 1 aliphatic rings. The SMILES string of the molecule is O=C(CCI)OCCN1CCNCC1. The summed E-state index contributed by atoms with van der Waals surface area (Å²) in [6.07, 6.45) is 0.530. The van der Waals surface area contributed by atoms with E-state index in [0.29, 0.717) is 13.0 Å². The Balaban J connectivity index is 1.99. The van der Waals surface area contributed by atoms with Crippen LogP contribution in [0.5, 0.6) is 0 Å². The molecule has 1 fully saturated rings. The lowest BCUT2D eigenvalue weighted by atomic mass is 10.3. The highest BCUT2D eigenvalue weighted by molar-refractivity contribution is 14.1. The van der Waals surface area contributed by atoms with Gasteiger partial charge in [0, 0.05) is 37.2 Å². The van der Waals surface area contributed by atoms with Crippen LogP contribution in [-0.2, 0) is 9.53 Å². The monoisotopic (exact) mass is 312 g/mol. The molecule has 1 rings (SSSR count). The number of ether oxygens (including phenoxy) is 1. The van der Waals surface area contributed by atoms with Crippen molar-refractivity contribution in [3.05, 3.63) is 0 Å². The zero-order valence-corrected chi connectivity index (χ0v) is 10.5. The number of nitrogens with zero attached hydrogens (tertiary/aromatic N) is 1. The Morgan fingerprint density at radius 3 is 2.79 bits per heavy atom. The summed E-state index contributed by atoms with van der Waals surface area (Å²) in [4.78, 5) is 13.3. The maximum atomic E-state index is 11.0. The summed E-state index contributed by atoms with van der Waals surface area (Å²) in [5.74, 6) is -0.0745. The second kappa shape index (κ2) is 7.42. The summed E-state index contributed by atoms with van der Waals surface area (Å²) in [5, 5.41) is 3.28. The molecule has 0 spiro atoms. The summed E-state index contributed by atoms with van der Waals surface area (Å²) in [7, 11) is 0. The highest BCUT2D eigenvalue weighted by atomic mass is 127. The molecule has 1 saturated heterocycles. The molecule has 4 nitrogen and oxygen atoms in total. The standard InChI is InChI=1S/C9H17IN2O2/c10-2-1-9(13)14-8-7-12-5-3-11-4-6-12/h11H,1-8H2. The molecule has 0 radical (unpaired) electrons. The van der Waals surface area contributed by atoms with Crippen molar-refractivity contribution in [2.24, 2.45) is 0 Å². The Labute approximate surface area is 98.5 Å². The molecule has 0 aromatic rings. The number of hydrogen-bond acceptors (Lipinski definition) is 4. The van der Waals surface area contributed by atoms with Crippen LogP contribution in [0.25, 0.3) is 0 Å². The fourth-order valence-corrected chi connectivity index (χ4v) is 1.81. The van der Waals surface area contributed by atoms with Gasteiger partial charge >= 0.3 is 5.97 Å². The summed E-state index contributed by atoms with van der Waals surface area (Å²) >= 11 is 2.18. The maximum Gasteiger partial charge on any atom is 0.306 e. The zero-order chi connectivity index (χ0) is 10.2. The van der Waals surface area contributed by atoms with Crippen LogP contribution in [0.1, 0.15) is 6.42 Å². The molecule has 0 atom stereocenters. The molecule has 0 unspecified atom stereocenters. The Bertz CT molecular complexity index is 172. The van der Waals surface area contributed by atoms with Gasteiger partial charge in [0.15, 0.2) is 0 Å². The number of carbonyl (C=O) groups is 1. The molecule has 0 aliphatic carbocycles. The van der Waals surface area contributed by atoms with E-state index in [2.05, 4.69) is 32.8 Å². The minimum Gasteiger partial charge on any atom is -0.464 e. The largest absolute Gasteiger partial charge is 0.464 e. The van der Waals surface area contributed by atoms with Crippen molar-refractivity contribution < 1.29 is 9.53 Å². The Hall–Kier alpha value is 0.120. The van der Waals surface area contributed by atoms with Gasteiger partial charge in [-0.3, -0.25) is 9.69 Å². The quantitative estimate of drug-likeness (QED) is 0.449. The molecule has 0 bridgehead atoms. The predicted molar refractivity (Wildman–Crippen MR) is 63.8 cm³/mol.